The van der Waals surface area contributed by atoms with Gasteiger partial charge in [0.25, 0.3) is 5.91 Å². The van der Waals surface area contributed by atoms with E-state index in [4.69, 9.17) is 5.11 Å². The number of rotatable bonds is 1. The Bertz CT molecular complexity index is 709. The number of hydrogen-bond acceptors (Lipinski definition) is 5. The van der Waals surface area contributed by atoms with Gasteiger partial charge in [-0.25, -0.2) is 8.42 Å². The molecule has 1 atom stereocenters. The fourth-order valence-corrected chi connectivity index (χ4v) is 4.83. The highest BCUT2D eigenvalue weighted by molar-refractivity contribution is 7.91. The molecule has 1 N–H and O–H groups in total. The minimum Gasteiger partial charge on any atom is -0.384 e. The molecule has 7 heteroatoms. The molecule has 1 aromatic rings. The zero-order valence-corrected chi connectivity index (χ0v) is 13.6. The van der Waals surface area contributed by atoms with Crippen LogP contribution in [0.15, 0.2) is 6.07 Å². The number of hydrogen-bond donors (Lipinski definition) is 1. The molecule has 1 saturated heterocycles. The molecular formula is C14H17NO4S2. The van der Waals surface area contributed by atoms with Crippen LogP contribution in [0.5, 0.6) is 0 Å². The van der Waals surface area contributed by atoms with Crippen LogP contribution >= 0.6 is 11.3 Å². The van der Waals surface area contributed by atoms with Crippen LogP contribution in [0.1, 0.15) is 27.0 Å². The van der Waals surface area contributed by atoms with Crippen LogP contribution in [0.4, 0.5) is 0 Å². The molecular weight excluding hydrogens is 310 g/mol. The first-order chi connectivity index (χ1) is 9.84. The van der Waals surface area contributed by atoms with E-state index in [0.29, 0.717) is 4.88 Å². The van der Waals surface area contributed by atoms with Crippen LogP contribution in [0.25, 0.3) is 0 Å². The van der Waals surface area contributed by atoms with Gasteiger partial charge in [-0.15, -0.1) is 11.3 Å². The van der Waals surface area contributed by atoms with E-state index in [1.807, 2.05) is 6.92 Å². The first-order valence-corrected chi connectivity index (χ1v) is 9.19. The zero-order chi connectivity index (χ0) is 15.6. The molecule has 114 valence electrons. The summed E-state index contributed by atoms with van der Waals surface area (Å²) in [7, 11) is -3.04. The number of aliphatic hydroxyl groups is 1. The number of thiophene rings is 1. The smallest absolute Gasteiger partial charge is 0.264 e. The van der Waals surface area contributed by atoms with Crippen LogP contribution in [0.3, 0.4) is 0 Å². The number of amides is 1. The second-order valence-corrected chi connectivity index (χ2v) is 8.33. The van der Waals surface area contributed by atoms with Crippen molar-refractivity contribution >= 4 is 27.1 Å². The van der Waals surface area contributed by atoms with Crippen molar-refractivity contribution in [3.63, 3.8) is 0 Å². The third kappa shape index (κ3) is 3.64. The fourth-order valence-electron chi connectivity index (χ4n) is 2.27. The van der Waals surface area contributed by atoms with Gasteiger partial charge in [0.1, 0.15) is 6.61 Å². The maximum Gasteiger partial charge on any atom is 0.264 e. The molecule has 5 nitrogen and oxygen atoms in total. The normalized spacial score (nSPS) is 20.7. The molecule has 1 aromatic heterocycles. The van der Waals surface area contributed by atoms with Crippen molar-refractivity contribution in [1.29, 1.82) is 0 Å². The molecule has 2 rings (SSSR count). The summed E-state index contributed by atoms with van der Waals surface area (Å²) in [6.45, 7) is 3.62. The maximum atomic E-state index is 12.5. The average molecular weight is 327 g/mol. The Hall–Kier alpha value is -1.36. The van der Waals surface area contributed by atoms with Crippen molar-refractivity contribution in [3.05, 3.63) is 21.4 Å². The number of sulfone groups is 1. The van der Waals surface area contributed by atoms with Crippen molar-refractivity contribution < 1.29 is 18.3 Å². The summed E-state index contributed by atoms with van der Waals surface area (Å²) in [5.41, 5.74) is 0.890. The van der Waals surface area contributed by atoms with Gasteiger partial charge >= 0.3 is 0 Å². The third-order valence-electron chi connectivity index (χ3n) is 3.34. The SMILES string of the molecule is Cc1cc(C(=O)N2CCS(=O)(=O)CC2C)sc1C#CCO. The topological polar surface area (TPSA) is 74.7 Å². The molecule has 2 heterocycles. The average Bonchev–Trinajstić information content (AvgIpc) is 2.76. The van der Waals surface area contributed by atoms with Gasteiger partial charge in [-0.3, -0.25) is 4.79 Å². The molecule has 0 aliphatic carbocycles. The van der Waals surface area contributed by atoms with Crippen LogP contribution in [0, 0.1) is 18.8 Å². The lowest BCUT2D eigenvalue weighted by Gasteiger charge is -2.32. The largest absolute Gasteiger partial charge is 0.384 e. The standard InChI is InChI=1S/C14H17NO4S2/c1-10-8-13(20-12(10)4-3-6-16)14(17)15-5-7-21(18,19)9-11(15)2/h8,11,16H,5-7,9H2,1-2H3. The molecule has 1 amide bonds. The minimum atomic E-state index is -3.04. The van der Waals surface area contributed by atoms with Crippen LogP contribution in [0.2, 0.25) is 0 Å². The van der Waals surface area contributed by atoms with E-state index in [0.717, 1.165) is 10.4 Å². The summed E-state index contributed by atoms with van der Waals surface area (Å²) in [5, 5.41) is 8.72. The van der Waals surface area contributed by atoms with Crippen LogP contribution in [-0.4, -0.2) is 55.0 Å². The van der Waals surface area contributed by atoms with E-state index in [2.05, 4.69) is 11.8 Å². The molecule has 21 heavy (non-hydrogen) atoms. The molecule has 0 spiro atoms. The summed E-state index contributed by atoms with van der Waals surface area (Å²) in [6, 6.07) is 1.45. The van der Waals surface area contributed by atoms with Crippen LogP contribution < -0.4 is 0 Å². The lowest BCUT2D eigenvalue weighted by molar-refractivity contribution is 0.0717. The van der Waals surface area contributed by atoms with Crippen molar-refractivity contribution in [2.45, 2.75) is 19.9 Å². The lowest BCUT2D eigenvalue weighted by atomic mass is 10.2. The Morgan fingerprint density at radius 2 is 2.29 bits per heavy atom. The molecule has 1 unspecified atom stereocenters. The van der Waals surface area contributed by atoms with Crippen molar-refractivity contribution in [2.24, 2.45) is 0 Å². The Kier molecular flexibility index (Phi) is 4.71. The highest BCUT2D eigenvalue weighted by Crippen LogP contribution is 2.24. The molecule has 0 bridgehead atoms. The van der Waals surface area contributed by atoms with Gasteiger partial charge in [0.05, 0.1) is 21.3 Å². The minimum absolute atomic E-state index is 0.0142. The van der Waals surface area contributed by atoms with E-state index in [1.165, 1.54) is 11.3 Å². The van der Waals surface area contributed by atoms with Crippen molar-refractivity contribution in [3.8, 4) is 11.8 Å². The number of carbonyl (C=O) groups excluding carboxylic acids is 1. The second-order valence-electron chi connectivity index (χ2n) is 5.04. The predicted octanol–water partition coefficient (Wildman–Crippen LogP) is 0.659. The Morgan fingerprint density at radius 1 is 1.57 bits per heavy atom. The quantitative estimate of drug-likeness (QED) is 0.769. The van der Waals surface area contributed by atoms with Gasteiger partial charge < -0.3 is 10.0 Å². The Labute approximate surface area is 128 Å². The van der Waals surface area contributed by atoms with Gasteiger partial charge in [0.2, 0.25) is 0 Å². The van der Waals surface area contributed by atoms with E-state index in [-0.39, 0.29) is 36.6 Å². The van der Waals surface area contributed by atoms with Gasteiger partial charge in [0, 0.05) is 12.6 Å². The molecule has 0 saturated carbocycles. The third-order valence-corrected chi connectivity index (χ3v) is 6.28. The van der Waals surface area contributed by atoms with Gasteiger partial charge in [0.15, 0.2) is 9.84 Å². The first-order valence-electron chi connectivity index (χ1n) is 6.55. The molecule has 1 aliphatic heterocycles. The number of aliphatic hydroxyl groups excluding tert-OH is 1. The lowest BCUT2D eigenvalue weighted by Crippen LogP contribution is -2.49. The number of carbonyl (C=O) groups is 1. The van der Waals surface area contributed by atoms with E-state index in [9.17, 15) is 13.2 Å². The monoisotopic (exact) mass is 327 g/mol. The summed E-state index contributed by atoms with van der Waals surface area (Å²) in [4.78, 5) is 15.4. The highest BCUT2D eigenvalue weighted by atomic mass is 32.2. The molecule has 1 aliphatic rings. The predicted molar refractivity (Wildman–Crippen MR) is 82.2 cm³/mol. The molecule has 0 aromatic carbocycles. The number of nitrogens with zero attached hydrogens (tertiary/aromatic N) is 1. The first kappa shape index (κ1) is 16.0. The zero-order valence-electron chi connectivity index (χ0n) is 11.9. The summed E-state index contributed by atoms with van der Waals surface area (Å²) >= 11 is 1.28. The molecule has 0 radical (unpaired) electrons. The van der Waals surface area contributed by atoms with Gasteiger partial charge in [-0.2, -0.15) is 0 Å². The van der Waals surface area contributed by atoms with E-state index >= 15 is 0 Å². The van der Waals surface area contributed by atoms with Gasteiger partial charge in [-0.05, 0) is 25.5 Å². The Balaban J connectivity index is 2.21. The highest BCUT2D eigenvalue weighted by Gasteiger charge is 2.32. The summed E-state index contributed by atoms with van der Waals surface area (Å²) in [5.74, 6) is 5.27. The second kappa shape index (κ2) is 6.18. The van der Waals surface area contributed by atoms with E-state index < -0.39 is 9.84 Å². The summed E-state index contributed by atoms with van der Waals surface area (Å²) < 4.78 is 23.1. The maximum absolute atomic E-state index is 12.5. The summed E-state index contributed by atoms with van der Waals surface area (Å²) in [6.07, 6.45) is 0. The van der Waals surface area contributed by atoms with Crippen molar-refractivity contribution in [1.82, 2.24) is 4.90 Å². The van der Waals surface area contributed by atoms with Gasteiger partial charge in [-0.1, -0.05) is 11.8 Å². The number of aryl methyl sites for hydroxylation is 1. The van der Waals surface area contributed by atoms with Crippen LogP contribution in [-0.2, 0) is 9.84 Å². The Morgan fingerprint density at radius 3 is 2.90 bits per heavy atom. The van der Waals surface area contributed by atoms with Crippen molar-refractivity contribution in [2.75, 3.05) is 24.7 Å². The molecule has 1 fully saturated rings. The fraction of sp³-hybridized carbons (Fsp3) is 0.500. The van der Waals surface area contributed by atoms with E-state index in [1.54, 1.807) is 17.9 Å².